The minimum absolute atomic E-state index is 0.133. The van der Waals surface area contributed by atoms with Gasteiger partial charge in [-0.1, -0.05) is 41.8 Å². The van der Waals surface area contributed by atoms with Crippen LogP contribution in [0.2, 0.25) is 0 Å². The molecule has 0 aromatic carbocycles. The number of hydrogen-bond donors (Lipinski definition) is 1. The summed E-state index contributed by atoms with van der Waals surface area (Å²) in [5.41, 5.74) is 1.16. The van der Waals surface area contributed by atoms with Crippen molar-refractivity contribution in [2.24, 2.45) is 14.1 Å². The number of aromatic nitrogens is 6. The summed E-state index contributed by atoms with van der Waals surface area (Å²) in [6.07, 6.45) is 2.70. The molecule has 0 atom stereocenters. The quantitative estimate of drug-likeness (QED) is 0.451. The Hall–Kier alpha value is -1.85. The van der Waals surface area contributed by atoms with Crippen molar-refractivity contribution in [3.63, 3.8) is 0 Å². The van der Waals surface area contributed by atoms with E-state index < -0.39 is 0 Å². The second kappa shape index (κ2) is 8.69. The second-order valence-corrected chi connectivity index (χ2v) is 8.82. The fourth-order valence-corrected chi connectivity index (χ4v) is 4.59. The zero-order valence-electron chi connectivity index (χ0n) is 14.7. The number of rotatable bonds is 8. The SMILES string of the molecule is CCSc1nnc(NC(=O)CSc2nnc(Cc3cccn3C)n2C)s1. The maximum absolute atomic E-state index is 12.1. The van der Waals surface area contributed by atoms with Crippen molar-refractivity contribution in [3.05, 3.63) is 29.8 Å². The van der Waals surface area contributed by atoms with Crippen LogP contribution >= 0.6 is 34.9 Å². The lowest BCUT2D eigenvalue weighted by molar-refractivity contribution is -0.113. The molecule has 1 N–H and O–H groups in total. The van der Waals surface area contributed by atoms with Crippen molar-refractivity contribution in [2.45, 2.75) is 22.8 Å². The van der Waals surface area contributed by atoms with E-state index in [4.69, 9.17) is 0 Å². The van der Waals surface area contributed by atoms with Crippen LogP contribution in [-0.4, -0.2) is 46.9 Å². The average molecular weight is 410 g/mol. The van der Waals surface area contributed by atoms with Gasteiger partial charge in [-0.25, -0.2) is 0 Å². The second-order valence-electron chi connectivity index (χ2n) is 5.39. The monoisotopic (exact) mass is 409 g/mol. The summed E-state index contributed by atoms with van der Waals surface area (Å²) < 4.78 is 4.84. The Kier molecular flexibility index (Phi) is 6.33. The van der Waals surface area contributed by atoms with Crippen LogP contribution in [0.1, 0.15) is 18.4 Å². The molecule has 3 aromatic rings. The van der Waals surface area contributed by atoms with Crippen molar-refractivity contribution >= 4 is 45.9 Å². The minimum Gasteiger partial charge on any atom is -0.354 e. The first-order valence-corrected chi connectivity index (χ1v) is 10.7. The van der Waals surface area contributed by atoms with Gasteiger partial charge in [0.2, 0.25) is 11.0 Å². The third-order valence-corrected chi connectivity index (χ3v) is 6.44. The van der Waals surface area contributed by atoms with Crippen LogP contribution in [0.4, 0.5) is 5.13 Å². The van der Waals surface area contributed by atoms with Gasteiger partial charge in [0.05, 0.1) is 5.75 Å². The molecule has 0 radical (unpaired) electrons. The summed E-state index contributed by atoms with van der Waals surface area (Å²) in [6, 6.07) is 4.06. The number of nitrogens with one attached hydrogen (secondary N) is 1. The molecule has 0 aliphatic carbocycles. The summed E-state index contributed by atoms with van der Waals surface area (Å²) in [6.45, 7) is 2.05. The number of thioether (sulfide) groups is 2. The number of amides is 1. The van der Waals surface area contributed by atoms with Gasteiger partial charge in [-0.15, -0.1) is 20.4 Å². The number of anilines is 1. The lowest BCUT2D eigenvalue weighted by atomic mass is 10.3. The Morgan fingerprint density at radius 1 is 1.23 bits per heavy atom. The van der Waals surface area contributed by atoms with Gasteiger partial charge < -0.3 is 9.13 Å². The standard InChI is InChI=1S/C15H19N7OS3/c1-4-24-15-20-18-13(26-15)16-12(23)9-25-14-19-17-11(22(14)3)8-10-6-5-7-21(10)2/h5-7H,4,8-9H2,1-3H3,(H,16,18,23). The molecule has 26 heavy (non-hydrogen) atoms. The van der Waals surface area contributed by atoms with Gasteiger partial charge in [0.1, 0.15) is 5.82 Å². The summed E-state index contributed by atoms with van der Waals surface area (Å²) >= 11 is 4.34. The van der Waals surface area contributed by atoms with E-state index in [0.717, 1.165) is 21.6 Å². The number of carbonyl (C=O) groups excluding carboxylic acids is 1. The first-order chi connectivity index (χ1) is 12.6. The van der Waals surface area contributed by atoms with Gasteiger partial charge in [-0.05, 0) is 17.9 Å². The highest BCUT2D eigenvalue weighted by Crippen LogP contribution is 2.25. The number of aryl methyl sites for hydroxylation is 1. The molecule has 0 fully saturated rings. The van der Waals surface area contributed by atoms with Crippen LogP contribution in [-0.2, 0) is 25.3 Å². The molecule has 0 saturated carbocycles. The molecular weight excluding hydrogens is 390 g/mol. The molecule has 0 aliphatic heterocycles. The van der Waals surface area contributed by atoms with Crippen molar-refractivity contribution in [1.29, 1.82) is 0 Å². The first-order valence-electron chi connectivity index (χ1n) is 7.94. The molecule has 8 nitrogen and oxygen atoms in total. The third-order valence-electron chi connectivity index (χ3n) is 3.57. The van der Waals surface area contributed by atoms with Gasteiger partial charge in [0, 0.05) is 32.4 Å². The van der Waals surface area contributed by atoms with E-state index in [-0.39, 0.29) is 11.7 Å². The number of carbonyl (C=O) groups is 1. The fourth-order valence-electron chi connectivity index (χ4n) is 2.19. The third kappa shape index (κ3) is 4.65. The maximum atomic E-state index is 12.1. The van der Waals surface area contributed by atoms with E-state index in [1.165, 1.54) is 23.1 Å². The molecule has 0 spiro atoms. The largest absolute Gasteiger partial charge is 0.354 e. The first kappa shape index (κ1) is 18.9. The van der Waals surface area contributed by atoms with Crippen LogP contribution in [0, 0.1) is 0 Å². The van der Waals surface area contributed by atoms with E-state index in [2.05, 4.69) is 36.3 Å². The minimum atomic E-state index is -0.133. The number of nitrogens with zero attached hydrogens (tertiary/aromatic N) is 6. The van der Waals surface area contributed by atoms with Crippen molar-refractivity contribution in [3.8, 4) is 0 Å². The number of hydrogen-bond acceptors (Lipinski definition) is 8. The lowest BCUT2D eigenvalue weighted by Gasteiger charge is -2.05. The highest BCUT2D eigenvalue weighted by Gasteiger charge is 2.14. The summed E-state index contributed by atoms with van der Waals surface area (Å²) in [4.78, 5) is 12.1. The molecule has 3 aromatic heterocycles. The van der Waals surface area contributed by atoms with E-state index >= 15 is 0 Å². The summed E-state index contributed by atoms with van der Waals surface area (Å²) in [5.74, 6) is 1.90. The molecule has 1 amide bonds. The molecule has 11 heteroatoms. The predicted molar refractivity (Wildman–Crippen MR) is 105 cm³/mol. The van der Waals surface area contributed by atoms with Crippen LogP contribution in [0.15, 0.2) is 27.8 Å². The zero-order valence-corrected chi connectivity index (χ0v) is 17.1. The predicted octanol–water partition coefficient (Wildman–Crippen LogP) is 2.44. The fraction of sp³-hybridized carbons (Fsp3) is 0.400. The van der Waals surface area contributed by atoms with Gasteiger partial charge in [0.25, 0.3) is 0 Å². The molecule has 0 bridgehead atoms. The lowest BCUT2D eigenvalue weighted by Crippen LogP contribution is -2.14. The van der Waals surface area contributed by atoms with Crippen molar-refractivity contribution in [2.75, 3.05) is 16.8 Å². The van der Waals surface area contributed by atoms with Gasteiger partial charge in [-0.3, -0.25) is 10.1 Å². The van der Waals surface area contributed by atoms with Crippen LogP contribution in [0.25, 0.3) is 0 Å². The molecule has 3 rings (SSSR count). The highest BCUT2D eigenvalue weighted by molar-refractivity contribution is 8.01. The Bertz CT molecular complexity index is 886. The molecule has 3 heterocycles. The van der Waals surface area contributed by atoms with E-state index in [1.54, 1.807) is 11.8 Å². The van der Waals surface area contributed by atoms with Gasteiger partial charge in [0.15, 0.2) is 9.50 Å². The Morgan fingerprint density at radius 3 is 2.81 bits per heavy atom. The highest BCUT2D eigenvalue weighted by atomic mass is 32.2. The van der Waals surface area contributed by atoms with E-state index in [0.29, 0.717) is 16.7 Å². The normalized spacial score (nSPS) is 11.0. The maximum Gasteiger partial charge on any atom is 0.236 e. The molecule has 0 unspecified atom stereocenters. The van der Waals surface area contributed by atoms with Crippen LogP contribution in [0.5, 0.6) is 0 Å². The smallest absolute Gasteiger partial charge is 0.236 e. The van der Waals surface area contributed by atoms with Crippen molar-refractivity contribution in [1.82, 2.24) is 29.5 Å². The summed E-state index contributed by atoms with van der Waals surface area (Å²) in [5, 5.41) is 20.4. The Morgan fingerprint density at radius 2 is 2.08 bits per heavy atom. The van der Waals surface area contributed by atoms with Crippen molar-refractivity contribution < 1.29 is 4.79 Å². The zero-order chi connectivity index (χ0) is 18.5. The van der Waals surface area contributed by atoms with E-state index in [9.17, 15) is 4.79 Å². The Labute approximate surface area is 163 Å². The van der Waals surface area contributed by atoms with Crippen LogP contribution in [0.3, 0.4) is 0 Å². The molecule has 138 valence electrons. The van der Waals surface area contributed by atoms with Gasteiger partial charge in [-0.2, -0.15) is 0 Å². The van der Waals surface area contributed by atoms with Gasteiger partial charge >= 0.3 is 0 Å². The van der Waals surface area contributed by atoms with Crippen LogP contribution < -0.4 is 5.32 Å². The molecule has 0 saturated heterocycles. The molecule has 0 aliphatic rings. The summed E-state index contributed by atoms with van der Waals surface area (Å²) in [7, 11) is 3.92. The molecular formula is C15H19N7OS3. The average Bonchev–Trinajstić information content (AvgIpc) is 3.30. The van der Waals surface area contributed by atoms with E-state index in [1.807, 2.05) is 37.8 Å². The Balaban J connectivity index is 1.54. The topological polar surface area (TPSA) is 90.5 Å².